The monoisotopic (exact) mass is 216 g/mol. The van der Waals surface area contributed by atoms with Crippen LogP contribution in [0, 0.1) is 0 Å². The van der Waals surface area contributed by atoms with Gasteiger partial charge in [-0.25, -0.2) is 10.2 Å². The summed E-state index contributed by atoms with van der Waals surface area (Å²) in [6.07, 6.45) is 2.47. The van der Waals surface area contributed by atoms with E-state index >= 15 is 0 Å². The van der Waals surface area contributed by atoms with Gasteiger partial charge in [0, 0.05) is 27.8 Å². The Balaban J connectivity index is 4.42. The summed E-state index contributed by atoms with van der Waals surface area (Å²) in [6.45, 7) is 2.74. The molecule has 0 aliphatic heterocycles. The molecule has 0 aliphatic carbocycles. The maximum absolute atomic E-state index is 11.5. The first-order valence-corrected chi connectivity index (χ1v) is 4.94. The van der Waals surface area contributed by atoms with Crippen molar-refractivity contribution in [1.29, 1.82) is 0 Å². The summed E-state index contributed by atoms with van der Waals surface area (Å²) in [5.74, 6) is -0.328. The maximum atomic E-state index is 11.5. The van der Waals surface area contributed by atoms with E-state index in [9.17, 15) is 4.79 Å². The third-order valence-corrected chi connectivity index (χ3v) is 1.84. The molecule has 0 atom stereocenters. The molecule has 0 heterocycles. The van der Waals surface area contributed by atoms with Crippen molar-refractivity contribution >= 4 is 5.97 Å². The quantitative estimate of drug-likeness (QED) is 0.291. The van der Waals surface area contributed by atoms with E-state index in [2.05, 4.69) is 5.43 Å². The standard InChI is InChI=1S/C10H20N2O3/c1-5-15-10(13)9(12(3)11-2)7-6-8-14-4/h7,11H,5-6,8H2,1-4H3/b9-7-. The number of hydrogen-bond donors (Lipinski definition) is 1. The summed E-state index contributed by atoms with van der Waals surface area (Å²) in [5.41, 5.74) is 3.35. The van der Waals surface area contributed by atoms with Crippen molar-refractivity contribution in [2.75, 3.05) is 34.4 Å². The summed E-state index contributed by atoms with van der Waals surface area (Å²) in [4.78, 5) is 11.5. The molecule has 5 nitrogen and oxygen atoms in total. The van der Waals surface area contributed by atoms with Crippen molar-refractivity contribution in [3.63, 3.8) is 0 Å². The Morgan fingerprint density at radius 1 is 1.53 bits per heavy atom. The Labute approximate surface area is 91.0 Å². The lowest BCUT2D eigenvalue weighted by atomic mass is 10.3. The molecule has 0 saturated carbocycles. The van der Waals surface area contributed by atoms with Crippen molar-refractivity contribution in [2.24, 2.45) is 0 Å². The first-order valence-electron chi connectivity index (χ1n) is 4.94. The predicted octanol–water partition coefficient (Wildman–Crippen LogP) is 0.536. The van der Waals surface area contributed by atoms with Gasteiger partial charge in [-0.2, -0.15) is 0 Å². The highest BCUT2D eigenvalue weighted by Crippen LogP contribution is 2.03. The molecule has 0 amide bonds. The molecular formula is C10H20N2O3. The van der Waals surface area contributed by atoms with E-state index in [1.807, 2.05) is 0 Å². The first-order chi connectivity index (χ1) is 7.17. The number of nitrogens with zero attached hydrogens (tertiary/aromatic N) is 1. The zero-order valence-electron chi connectivity index (χ0n) is 9.87. The lowest BCUT2D eigenvalue weighted by molar-refractivity contribution is -0.140. The average Bonchev–Trinajstić information content (AvgIpc) is 2.23. The fourth-order valence-electron chi connectivity index (χ4n) is 0.996. The molecule has 0 radical (unpaired) electrons. The van der Waals surface area contributed by atoms with Crippen LogP contribution in [0.3, 0.4) is 0 Å². The van der Waals surface area contributed by atoms with Gasteiger partial charge in [-0.3, -0.25) is 0 Å². The molecule has 0 unspecified atom stereocenters. The second kappa shape index (κ2) is 8.26. The molecule has 0 rings (SSSR count). The second-order valence-electron chi connectivity index (χ2n) is 2.87. The number of esters is 1. The normalized spacial score (nSPS) is 11.3. The highest BCUT2D eigenvalue weighted by atomic mass is 16.5. The minimum atomic E-state index is -0.328. The molecule has 0 aromatic heterocycles. The zero-order valence-corrected chi connectivity index (χ0v) is 9.87. The number of likely N-dealkylation sites (N-methyl/N-ethyl adjacent to an activating group) is 1. The van der Waals surface area contributed by atoms with Gasteiger partial charge in [0.05, 0.1) is 6.61 Å². The number of carbonyl (C=O) groups excluding carboxylic acids is 1. The van der Waals surface area contributed by atoms with Crippen LogP contribution < -0.4 is 5.43 Å². The van der Waals surface area contributed by atoms with Crippen molar-refractivity contribution in [3.05, 3.63) is 11.8 Å². The third-order valence-electron chi connectivity index (χ3n) is 1.84. The molecule has 0 fully saturated rings. The Morgan fingerprint density at radius 3 is 2.67 bits per heavy atom. The number of hydrazine groups is 1. The number of nitrogens with one attached hydrogen (secondary N) is 1. The molecule has 5 heteroatoms. The van der Waals surface area contributed by atoms with Crippen molar-refractivity contribution in [3.8, 4) is 0 Å². The van der Waals surface area contributed by atoms with Gasteiger partial charge in [-0.05, 0) is 19.4 Å². The predicted molar refractivity (Wildman–Crippen MR) is 58.0 cm³/mol. The van der Waals surface area contributed by atoms with Gasteiger partial charge in [-0.1, -0.05) is 0 Å². The second-order valence-corrected chi connectivity index (χ2v) is 2.87. The van der Waals surface area contributed by atoms with Gasteiger partial charge in [0.1, 0.15) is 5.70 Å². The average molecular weight is 216 g/mol. The summed E-state index contributed by atoms with van der Waals surface area (Å²) in [7, 11) is 5.12. The lowest BCUT2D eigenvalue weighted by Crippen LogP contribution is -2.34. The SMILES string of the molecule is CCOC(=O)/C(=C/CCOC)N(C)NC. The lowest BCUT2D eigenvalue weighted by Gasteiger charge is -2.19. The van der Waals surface area contributed by atoms with E-state index in [0.717, 1.165) is 0 Å². The zero-order chi connectivity index (χ0) is 11.7. The third kappa shape index (κ3) is 5.39. The van der Waals surface area contributed by atoms with Crippen molar-refractivity contribution in [1.82, 2.24) is 10.4 Å². The van der Waals surface area contributed by atoms with E-state index in [1.54, 1.807) is 39.2 Å². The Bertz CT molecular complexity index is 217. The van der Waals surface area contributed by atoms with Crippen LogP contribution in [0.25, 0.3) is 0 Å². The molecule has 0 aliphatic rings. The highest BCUT2D eigenvalue weighted by molar-refractivity contribution is 5.87. The van der Waals surface area contributed by atoms with Crippen LogP contribution in [-0.2, 0) is 14.3 Å². The van der Waals surface area contributed by atoms with E-state index in [4.69, 9.17) is 9.47 Å². The minimum absolute atomic E-state index is 0.328. The summed E-state index contributed by atoms with van der Waals surface area (Å²) >= 11 is 0. The largest absolute Gasteiger partial charge is 0.461 e. The van der Waals surface area contributed by atoms with Gasteiger partial charge in [0.2, 0.25) is 0 Å². The van der Waals surface area contributed by atoms with E-state index in [-0.39, 0.29) is 5.97 Å². The molecular weight excluding hydrogens is 196 g/mol. The molecule has 0 bridgehead atoms. The van der Waals surface area contributed by atoms with Crippen LogP contribution in [0.2, 0.25) is 0 Å². The molecule has 0 aromatic carbocycles. The van der Waals surface area contributed by atoms with Crippen LogP contribution in [0.5, 0.6) is 0 Å². The number of carbonyl (C=O) groups is 1. The van der Waals surface area contributed by atoms with Crippen LogP contribution in [0.4, 0.5) is 0 Å². The van der Waals surface area contributed by atoms with E-state index in [0.29, 0.717) is 25.3 Å². The van der Waals surface area contributed by atoms with Crippen molar-refractivity contribution < 1.29 is 14.3 Å². The van der Waals surface area contributed by atoms with Gasteiger partial charge in [0.15, 0.2) is 0 Å². The number of ether oxygens (including phenoxy) is 2. The van der Waals surface area contributed by atoms with Gasteiger partial charge in [0.25, 0.3) is 0 Å². The molecule has 0 aromatic rings. The van der Waals surface area contributed by atoms with Crippen molar-refractivity contribution in [2.45, 2.75) is 13.3 Å². The van der Waals surface area contributed by atoms with Crippen LogP contribution in [0.1, 0.15) is 13.3 Å². The number of hydrogen-bond acceptors (Lipinski definition) is 5. The first kappa shape index (κ1) is 13.9. The Hall–Kier alpha value is -1.07. The smallest absolute Gasteiger partial charge is 0.355 e. The Kier molecular flexibility index (Phi) is 7.67. The molecule has 0 saturated heterocycles. The van der Waals surface area contributed by atoms with Gasteiger partial charge in [-0.15, -0.1) is 0 Å². The molecule has 0 spiro atoms. The summed E-state index contributed by atoms with van der Waals surface area (Å²) in [5, 5.41) is 1.62. The molecule has 1 N–H and O–H groups in total. The number of rotatable bonds is 7. The van der Waals surface area contributed by atoms with Gasteiger partial charge >= 0.3 is 5.97 Å². The van der Waals surface area contributed by atoms with Crippen LogP contribution >= 0.6 is 0 Å². The minimum Gasteiger partial charge on any atom is -0.461 e. The summed E-state index contributed by atoms with van der Waals surface area (Å²) in [6, 6.07) is 0. The fraction of sp³-hybridized carbons (Fsp3) is 0.700. The van der Waals surface area contributed by atoms with Crippen LogP contribution in [0.15, 0.2) is 11.8 Å². The Morgan fingerprint density at radius 2 is 2.20 bits per heavy atom. The topological polar surface area (TPSA) is 50.8 Å². The van der Waals surface area contributed by atoms with Gasteiger partial charge < -0.3 is 14.5 Å². The van der Waals surface area contributed by atoms with E-state index < -0.39 is 0 Å². The molecule has 88 valence electrons. The highest BCUT2D eigenvalue weighted by Gasteiger charge is 2.13. The molecule has 15 heavy (non-hydrogen) atoms. The van der Waals surface area contributed by atoms with Crippen LogP contribution in [-0.4, -0.2) is 45.4 Å². The number of methoxy groups -OCH3 is 1. The van der Waals surface area contributed by atoms with E-state index in [1.165, 1.54) is 0 Å². The fourth-order valence-corrected chi connectivity index (χ4v) is 0.996. The maximum Gasteiger partial charge on any atom is 0.355 e. The summed E-state index contributed by atoms with van der Waals surface area (Å²) < 4.78 is 9.84.